The Labute approximate surface area is 202 Å². The second-order valence-electron chi connectivity index (χ2n) is 8.81. The van der Waals surface area contributed by atoms with Crippen LogP contribution in [-0.2, 0) is 24.8 Å². The van der Waals surface area contributed by atoms with Gasteiger partial charge in [0, 0.05) is 30.7 Å². The van der Waals surface area contributed by atoms with Gasteiger partial charge in [-0.25, -0.2) is 4.98 Å². The average molecular weight is 467 g/mol. The molecule has 0 radical (unpaired) electrons. The van der Waals surface area contributed by atoms with Gasteiger partial charge in [-0.15, -0.1) is 0 Å². The van der Waals surface area contributed by atoms with Crippen molar-refractivity contribution >= 4 is 27.8 Å². The molecule has 3 heterocycles. The number of benzene rings is 3. The minimum absolute atomic E-state index is 0.105. The van der Waals surface area contributed by atoms with Gasteiger partial charge in [-0.05, 0) is 42.3 Å². The Morgan fingerprint density at radius 3 is 2.71 bits per heavy atom. The average Bonchev–Trinajstić information content (AvgIpc) is 3.46. The van der Waals surface area contributed by atoms with Gasteiger partial charge in [0.15, 0.2) is 11.5 Å². The Balaban J connectivity index is 1.28. The van der Waals surface area contributed by atoms with Crippen LogP contribution in [0.25, 0.3) is 21.9 Å². The molecule has 0 bridgehead atoms. The molecule has 7 heteroatoms. The number of rotatable bonds is 6. The molecule has 1 unspecified atom stereocenters. The predicted molar refractivity (Wildman–Crippen MR) is 134 cm³/mol. The summed E-state index contributed by atoms with van der Waals surface area (Å²) in [7, 11) is 1.99. The number of carbonyl (C=O) groups is 1. The molecule has 1 N–H and O–H groups in total. The van der Waals surface area contributed by atoms with E-state index in [9.17, 15) is 4.79 Å². The molecular weight excluding hydrogens is 440 g/mol. The fourth-order valence-corrected chi connectivity index (χ4v) is 4.71. The van der Waals surface area contributed by atoms with Gasteiger partial charge in [0.25, 0.3) is 5.91 Å². The zero-order valence-corrected chi connectivity index (χ0v) is 19.5. The molecule has 0 saturated carbocycles. The van der Waals surface area contributed by atoms with Crippen molar-refractivity contribution in [1.29, 1.82) is 0 Å². The van der Waals surface area contributed by atoms with Crippen molar-refractivity contribution in [2.75, 3.05) is 13.2 Å². The fraction of sp³-hybridized carbons (Fsp3) is 0.214. The van der Waals surface area contributed by atoms with Gasteiger partial charge in [0.05, 0.1) is 17.6 Å². The third-order valence-corrected chi connectivity index (χ3v) is 6.63. The summed E-state index contributed by atoms with van der Waals surface area (Å²) in [5.41, 5.74) is 4.23. The van der Waals surface area contributed by atoms with E-state index in [1.165, 1.54) is 10.9 Å². The van der Waals surface area contributed by atoms with Crippen LogP contribution in [0.3, 0.4) is 0 Å². The molecule has 0 saturated heterocycles. The van der Waals surface area contributed by atoms with Crippen LogP contribution in [0.1, 0.15) is 11.4 Å². The van der Waals surface area contributed by atoms with E-state index in [1.807, 2.05) is 78.8 Å². The largest absolute Gasteiger partial charge is 0.485 e. The number of hydrogen-bond donors (Lipinski definition) is 1. The fourth-order valence-electron chi connectivity index (χ4n) is 4.71. The van der Waals surface area contributed by atoms with Crippen molar-refractivity contribution in [1.82, 2.24) is 19.4 Å². The van der Waals surface area contributed by atoms with Gasteiger partial charge in [-0.3, -0.25) is 4.79 Å². The number of nitrogens with one attached hydrogen (secondary N) is 1. The number of para-hydroxylation sites is 5. The van der Waals surface area contributed by atoms with Gasteiger partial charge in [0.1, 0.15) is 12.4 Å². The zero-order chi connectivity index (χ0) is 23.8. The highest BCUT2D eigenvalue weighted by molar-refractivity contribution is 5.84. The molecular formula is C28H26N4O3. The topological polar surface area (TPSA) is 72.4 Å². The van der Waals surface area contributed by atoms with Crippen LogP contribution in [0, 0.1) is 0 Å². The Morgan fingerprint density at radius 1 is 1.06 bits per heavy atom. The van der Waals surface area contributed by atoms with Crippen LogP contribution in [0.5, 0.6) is 11.5 Å². The SMILES string of the molecule is Cn1c(CN(CCc2c[nH]c3ccccc23)C(=O)C2COc3ccccc3O2)nc2ccccc21. The molecule has 6 rings (SSSR count). The second-order valence-corrected chi connectivity index (χ2v) is 8.81. The number of fused-ring (bicyclic) bond motifs is 3. The van der Waals surface area contributed by atoms with Crippen LogP contribution in [0.2, 0.25) is 0 Å². The molecule has 1 aliphatic rings. The summed E-state index contributed by atoms with van der Waals surface area (Å²) in [5.74, 6) is 1.98. The molecule has 0 spiro atoms. The van der Waals surface area contributed by atoms with Crippen molar-refractivity contribution in [2.45, 2.75) is 19.1 Å². The minimum atomic E-state index is -0.706. The normalized spacial score (nSPS) is 14.9. The number of ether oxygens (including phenoxy) is 2. The lowest BCUT2D eigenvalue weighted by molar-refractivity contribution is -0.142. The summed E-state index contributed by atoms with van der Waals surface area (Å²) in [6, 6.07) is 23.7. The van der Waals surface area contributed by atoms with E-state index >= 15 is 0 Å². The van der Waals surface area contributed by atoms with Gasteiger partial charge in [-0.2, -0.15) is 0 Å². The second kappa shape index (κ2) is 8.83. The number of carbonyl (C=O) groups excluding carboxylic acids is 1. The molecule has 7 nitrogen and oxygen atoms in total. The summed E-state index contributed by atoms with van der Waals surface area (Å²) in [5, 5.41) is 1.17. The number of aryl methyl sites for hydroxylation is 1. The van der Waals surface area contributed by atoms with Gasteiger partial charge in [0.2, 0.25) is 6.10 Å². The summed E-state index contributed by atoms with van der Waals surface area (Å²) in [6.45, 7) is 1.10. The Morgan fingerprint density at radius 2 is 1.83 bits per heavy atom. The number of aromatic nitrogens is 3. The highest BCUT2D eigenvalue weighted by Crippen LogP contribution is 2.31. The van der Waals surface area contributed by atoms with E-state index in [2.05, 4.69) is 21.7 Å². The molecule has 176 valence electrons. The molecule has 1 aliphatic heterocycles. The van der Waals surface area contributed by atoms with Gasteiger partial charge >= 0.3 is 0 Å². The molecule has 0 fully saturated rings. The Kier molecular flexibility index (Phi) is 5.37. The molecule has 35 heavy (non-hydrogen) atoms. The van der Waals surface area contributed by atoms with E-state index < -0.39 is 6.10 Å². The van der Waals surface area contributed by atoms with Crippen molar-refractivity contribution < 1.29 is 14.3 Å². The first-order valence-electron chi connectivity index (χ1n) is 11.8. The maximum Gasteiger partial charge on any atom is 0.267 e. The Bertz CT molecular complexity index is 1520. The van der Waals surface area contributed by atoms with E-state index in [1.54, 1.807) is 0 Å². The number of amides is 1. The quantitative estimate of drug-likeness (QED) is 0.401. The number of imidazole rings is 1. The smallest absolute Gasteiger partial charge is 0.267 e. The van der Waals surface area contributed by atoms with Gasteiger partial charge < -0.3 is 23.9 Å². The molecule has 2 aromatic heterocycles. The van der Waals surface area contributed by atoms with Crippen molar-refractivity contribution in [3.8, 4) is 11.5 Å². The summed E-state index contributed by atoms with van der Waals surface area (Å²) in [4.78, 5) is 23.7. The molecule has 0 aliphatic carbocycles. The van der Waals surface area contributed by atoms with Crippen molar-refractivity contribution in [3.63, 3.8) is 0 Å². The summed E-state index contributed by atoms with van der Waals surface area (Å²) < 4.78 is 13.9. The summed E-state index contributed by atoms with van der Waals surface area (Å²) in [6.07, 6.45) is 2.03. The third-order valence-electron chi connectivity index (χ3n) is 6.63. The number of nitrogens with zero attached hydrogens (tertiary/aromatic N) is 3. The van der Waals surface area contributed by atoms with Crippen LogP contribution in [-0.4, -0.2) is 44.6 Å². The van der Waals surface area contributed by atoms with E-state index in [4.69, 9.17) is 14.5 Å². The van der Waals surface area contributed by atoms with Crippen molar-refractivity contribution in [2.24, 2.45) is 7.05 Å². The number of hydrogen-bond acceptors (Lipinski definition) is 4. The lowest BCUT2D eigenvalue weighted by atomic mass is 10.1. The highest BCUT2D eigenvalue weighted by Gasteiger charge is 2.32. The summed E-state index contributed by atoms with van der Waals surface area (Å²) >= 11 is 0. The van der Waals surface area contributed by atoms with Crippen LogP contribution < -0.4 is 9.47 Å². The third kappa shape index (κ3) is 3.99. The first-order valence-corrected chi connectivity index (χ1v) is 11.8. The number of H-pyrrole nitrogens is 1. The molecule has 5 aromatic rings. The standard InChI is InChI=1S/C28H26N4O3/c1-31-23-11-5-4-10-22(23)30-27(31)17-32(15-14-19-16-29-21-9-3-2-8-20(19)21)28(33)26-18-34-24-12-6-7-13-25(24)35-26/h2-13,16,26,29H,14-15,17-18H2,1H3. The lowest BCUT2D eigenvalue weighted by Crippen LogP contribution is -2.47. The maximum absolute atomic E-state index is 13.7. The van der Waals surface area contributed by atoms with E-state index in [0.717, 1.165) is 22.4 Å². The molecule has 1 amide bonds. The van der Waals surface area contributed by atoms with Crippen LogP contribution >= 0.6 is 0 Å². The predicted octanol–water partition coefficient (Wildman–Crippen LogP) is 4.47. The zero-order valence-electron chi connectivity index (χ0n) is 19.5. The van der Waals surface area contributed by atoms with Crippen LogP contribution in [0.4, 0.5) is 0 Å². The van der Waals surface area contributed by atoms with E-state index in [-0.39, 0.29) is 12.5 Å². The highest BCUT2D eigenvalue weighted by atomic mass is 16.6. The monoisotopic (exact) mass is 466 g/mol. The minimum Gasteiger partial charge on any atom is -0.485 e. The molecule has 3 aromatic carbocycles. The Hall–Kier alpha value is -4.26. The van der Waals surface area contributed by atoms with E-state index in [0.29, 0.717) is 31.0 Å². The lowest BCUT2D eigenvalue weighted by Gasteiger charge is -2.30. The van der Waals surface area contributed by atoms with Gasteiger partial charge in [-0.1, -0.05) is 42.5 Å². The maximum atomic E-state index is 13.7. The van der Waals surface area contributed by atoms with Crippen molar-refractivity contribution in [3.05, 3.63) is 90.4 Å². The first kappa shape index (κ1) is 21.3. The first-order chi connectivity index (χ1) is 17.2. The molecule has 1 atom stereocenters. The van der Waals surface area contributed by atoms with Crippen LogP contribution in [0.15, 0.2) is 79.0 Å². The number of aromatic amines is 1.